The molecular formula is C13H17Cl2NO2S. The average Bonchev–Trinajstić information content (AvgIpc) is 2.34. The monoisotopic (exact) mass is 321 g/mol. The highest BCUT2D eigenvalue weighted by atomic mass is 35.5. The lowest BCUT2D eigenvalue weighted by molar-refractivity contribution is 0.268. The van der Waals surface area contributed by atoms with Crippen LogP contribution in [0.1, 0.15) is 31.7 Å². The van der Waals surface area contributed by atoms with Gasteiger partial charge in [-0.3, -0.25) is 0 Å². The zero-order valence-electron chi connectivity index (χ0n) is 11.0. The van der Waals surface area contributed by atoms with E-state index in [9.17, 15) is 8.42 Å². The van der Waals surface area contributed by atoms with Crippen molar-refractivity contribution in [3.63, 3.8) is 0 Å². The summed E-state index contributed by atoms with van der Waals surface area (Å²) >= 11 is 11.9. The summed E-state index contributed by atoms with van der Waals surface area (Å²) in [5.41, 5.74) is 0.632. The maximum atomic E-state index is 12.7. The minimum absolute atomic E-state index is 0.0348. The number of sulfonamides is 1. The molecular weight excluding hydrogens is 305 g/mol. The standard InChI is InChI=1S/C13H17Cl2NO2S/c1-9-7-11(14)12(15)8-13(9)19(17,18)16-6-4-3-5-10(16)2/h7-8,10H,3-6H2,1-2H3. The number of hydrogen-bond donors (Lipinski definition) is 0. The molecule has 1 atom stereocenters. The van der Waals surface area contributed by atoms with Crippen molar-refractivity contribution >= 4 is 33.2 Å². The fourth-order valence-electron chi connectivity index (χ4n) is 2.46. The highest BCUT2D eigenvalue weighted by Crippen LogP contribution is 2.32. The third kappa shape index (κ3) is 2.92. The van der Waals surface area contributed by atoms with Crippen molar-refractivity contribution in [1.82, 2.24) is 4.31 Å². The molecule has 0 spiro atoms. The molecule has 0 radical (unpaired) electrons. The van der Waals surface area contributed by atoms with Crippen molar-refractivity contribution in [2.24, 2.45) is 0 Å². The van der Waals surface area contributed by atoms with Gasteiger partial charge in [-0.15, -0.1) is 0 Å². The third-order valence-corrected chi connectivity index (χ3v) is 6.42. The third-order valence-electron chi connectivity index (χ3n) is 3.55. The first kappa shape index (κ1) is 15.1. The Morgan fingerprint density at radius 1 is 1.21 bits per heavy atom. The van der Waals surface area contributed by atoms with Crippen LogP contribution >= 0.6 is 23.2 Å². The van der Waals surface area contributed by atoms with E-state index in [-0.39, 0.29) is 16.0 Å². The van der Waals surface area contributed by atoms with Crippen LogP contribution < -0.4 is 0 Å². The van der Waals surface area contributed by atoms with Gasteiger partial charge in [0.15, 0.2) is 0 Å². The van der Waals surface area contributed by atoms with Crippen LogP contribution in [-0.2, 0) is 10.0 Å². The minimum Gasteiger partial charge on any atom is -0.207 e. The number of aryl methyl sites for hydroxylation is 1. The number of halogens is 2. The van der Waals surface area contributed by atoms with E-state index in [1.165, 1.54) is 6.07 Å². The van der Waals surface area contributed by atoms with Crippen molar-refractivity contribution in [3.05, 3.63) is 27.7 Å². The van der Waals surface area contributed by atoms with Crippen molar-refractivity contribution in [2.45, 2.75) is 44.0 Å². The fraction of sp³-hybridized carbons (Fsp3) is 0.538. The van der Waals surface area contributed by atoms with Crippen molar-refractivity contribution in [2.75, 3.05) is 6.54 Å². The van der Waals surface area contributed by atoms with Crippen LogP contribution in [0.3, 0.4) is 0 Å². The van der Waals surface area contributed by atoms with Gasteiger partial charge in [0, 0.05) is 12.6 Å². The molecule has 19 heavy (non-hydrogen) atoms. The molecule has 0 saturated carbocycles. The largest absolute Gasteiger partial charge is 0.243 e. The predicted molar refractivity (Wildman–Crippen MR) is 78.4 cm³/mol. The topological polar surface area (TPSA) is 37.4 Å². The number of piperidine rings is 1. The van der Waals surface area contributed by atoms with E-state index in [0.29, 0.717) is 17.1 Å². The second kappa shape index (κ2) is 5.60. The highest BCUT2D eigenvalue weighted by Gasteiger charge is 2.32. The first-order valence-electron chi connectivity index (χ1n) is 6.31. The number of nitrogens with zero attached hydrogens (tertiary/aromatic N) is 1. The summed E-state index contributed by atoms with van der Waals surface area (Å²) in [6, 6.07) is 3.09. The first-order chi connectivity index (χ1) is 8.84. The van der Waals surface area contributed by atoms with Gasteiger partial charge in [-0.25, -0.2) is 8.42 Å². The molecule has 1 unspecified atom stereocenters. The first-order valence-corrected chi connectivity index (χ1v) is 8.51. The molecule has 0 amide bonds. The molecule has 106 valence electrons. The van der Waals surface area contributed by atoms with Gasteiger partial charge >= 0.3 is 0 Å². The van der Waals surface area contributed by atoms with Crippen molar-refractivity contribution < 1.29 is 8.42 Å². The average molecular weight is 322 g/mol. The van der Waals surface area contributed by atoms with Crippen LogP contribution in [0.25, 0.3) is 0 Å². The van der Waals surface area contributed by atoms with Gasteiger partial charge in [-0.05, 0) is 44.4 Å². The summed E-state index contributed by atoms with van der Waals surface area (Å²) in [4.78, 5) is 0.260. The summed E-state index contributed by atoms with van der Waals surface area (Å²) in [7, 11) is -3.49. The van der Waals surface area contributed by atoms with E-state index in [1.807, 2.05) is 6.92 Å². The predicted octanol–water partition coefficient (Wildman–Crippen LogP) is 3.86. The van der Waals surface area contributed by atoms with Gasteiger partial charge in [-0.2, -0.15) is 4.31 Å². The van der Waals surface area contributed by atoms with Gasteiger partial charge in [0.25, 0.3) is 0 Å². The van der Waals surface area contributed by atoms with E-state index in [2.05, 4.69) is 0 Å². The Labute approximate surface area is 124 Å². The number of benzene rings is 1. The van der Waals surface area contributed by atoms with E-state index in [0.717, 1.165) is 19.3 Å². The second-order valence-electron chi connectivity index (χ2n) is 4.99. The molecule has 1 aromatic rings. The molecule has 0 aromatic heterocycles. The summed E-state index contributed by atoms with van der Waals surface area (Å²) in [6.45, 7) is 4.26. The van der Waals surface area contributed by atoms with Crippen LogP contribution in [-0.4, -0.2) is 25.3 Å². The Balaban J connectivity index is 2.47. The van der Waals surface area contributed by atoms with E-state index >= 15 is 0 Å². The fourth-order valence-corrected chi connectivity index (χ4v) is 4.84. The maximum absolute atomic E-state index is 12.7. The molecule has 1 saturated heterocycles. The highest BCUT2D eigenvalue weighted by molar-refractivity contribution is 7.89. The van der Waals surface area contributed by atoms with E-state index in [4.69, 9.17) is 23.2 Å². The Kier molecular flexibility index (Phi) is 4.45. The lowest BCUT2D eigenvalue weighted by Crippen LogP contribution is -2.42. The summed E-state index contributed by atoms with van der Waals surface area (Å²) < 4.78 is 27.0. The Morgan fingerprint density at radius 2 is 1.84 bits per heavy atom. The molecule has 3 nitrogen and oxygen atoms in total. The summed E-state index contributed by atoms with van der Waals surface area (Å²) in [5.74, 6) is 0. The molecule has 0 aliphatic carbocycles. The van der Waals surface area contributed by atoms with Crippen LogP contribution in [0.15, 0.2) is 17.0 Å². The Bertz CT molecular complexity index is 587. The molecule has 1 aliphatic heterocycles. The van der Waals surface area contributed by atoms with Crippen molar-refractivity contribution in [1.29, 1.82) is 0 Å². The van der Waals surface area contributed by atoms with Crippen LogP contribution in [0.2, 0.25) is 10.0 Å². The molecule has 1 heterocycles. The van der Waals surface area contributed by atoms with E-state index < -0.39 is 10.0 Å². The van der Waals surface area contributed by atoms with Gasteiger partial charge in [-0.1, -0.05) is 29.6 Å². The maximum Gasteiger partial charge on any atom is 0.243 e. The number of hydrogen-bond acceptors (Lipinski definition) is 2. The molecule has 0 N–H and O–H groups in total. The Morgan fingerprint density at radius 3 is 2.47 bits per heavy atom. The Hall–Kier alpha value is -0.290. The molecule has 1 aliphatic rings. The van der Waals surface area contributed by atoms with Crippen LogP contribution in [0.5, 0.6) is 0 Å². The summed E-state index contributed by atoms with van der Waals surface area (Å²) in [6.07, 6.45) is 2.89. The zero-order valence-corrected chi connectivity index (χ0v) is 13.3. The van der Waals surface area contributed by atoms with Gasteiger partial charge < -0.3 is 0 Å². The smallest absolute Gasteiger partial charge is 0.207 e. The molecule has 6 heteroatoms. The molecule has 2 rings (SSSR count). The quantitative estimate of drug-likeness (QED) is 0.829. The SMILES string of the molecule is Cc1cc(Cl)c(Cl)cc1S(=O)(=O)N1CCCCC1C. The van der Waals surface area contributed by atoms with Gasteiger partial charge in [0.05, 0.1) is 14.9 Å². The minimum atomic E-state index is -3.49. The van der Waals surface area contributed by atoms with Crippen molar-refractivity contribution in [3.8, 4) is 0 Å². The molecule has 1 fully saturated rings. The lowest BCUT2D eigenvalue weighted by Gasteiger charge is -2.32. The van der Waals surface area contributed by atoms with Gasteiger partial charge in [0.1, 0.15) is 0 Å². The summed E-state index contributed by atoms with van der Waals surface area (Å²) in [5, 5.41) is 0.653. The van der Waals surface area contributed by atoms with Crippen LogP contribution in [0.4, 0.5) is 0 Å². The van der Waals surface area contributed by atoms with Crippen LogP contribution in [0, 0.1) is 6.92 Å². The number of rotatable bonds is 2. The molecule has 0 bridgehead atoms. The van der Waals surface area contributed by atoms with Gasteiger partial charge in [0.2, 0.25) is 10.0 Å². The zero-order chi connectivity index (χ0) is 14.2. The normalized spacial score (nSPS) is 21.6. The van der Waals surface area contributed by atoms with E-state index in [1.54, 1.807) is 17.3 Å². The molecule has 1 aromatic carbocycles. The second-order valence-corrected chi connectivity index (χ2v) is 7.67. The lowest BCUT2D eigenvalue weighted by atomic mass is 10.1.